The molecule has 8 heteroatoms. The molecule has 0 spiro atoms. The van der Waals surface area contributed by atoms with Crippen molar-refractivity contribution in [3.8, 4) is 11.5 Å². The predicted octanol–water partition coefficient (Wildman–Crippen LogP) is 1.08. The van der Waals surface area contributed by atoms with Crippen LogP contribution in [0.3, 0.4) is 0 Å². The Hall–Kier alpha value is -2.90. The van der Waals surface area contributed by atoms with E-state index in [0.717, 1.165) is 22.9 Å². The minimum Gasteiger partial charge on any atom is -0.487 e. The van der Waals surface area contributed by atoms with Gasteiger partial charge in [-0.2, -0.15) is 30.8 Å². The van der Waals surface area contributed by atoms with Gasteiger partial charge in [0, 0.05) is 0 Å². The molecule has 0 unspecified atom stereocenters. The van der Waals surface area contributed by atoms with Gasteiger partial charge in [-0.15, -0.1) is 0 Å². The number of benzene rings is 1. The summed E-state index contributed by atoms with van der Waals surface area (Å²) in [6, 6.07) is 7.33. The summed E-state index contributed by atoms with van der Waals surface area (Å²) in [6.07, 6.45) is 3.24. The lowest BCUT2D eigenvalue weighted by Gasteiger charge is -2.06. The van der Waals surface area contributed by atoms with Crippen LogP contribution >= 0.6 is 0 Å². The van der Waals surface area contributed by atoms with Gasteiger partial charge in [-0.3, -0.25) is 0 Å². The fourth-order valence-corrected chi connectivity index (χ4v) is 1.54. The highest BCUT2D eigenvalue weighted by molar-refractivity contribution is 5.31. The Labute approximate surface area is 114 Å². The standard InChI is InChI=1S/C12H12N6O2/c1-2-12(20-8-10-6-14-18-16-10)4-3-11(1)19-7-9-5-13-17-15-9/h1-6H,7-8H2,(H,13,15,17)(H,14,16,18). The maximum absolute atomic E-state index is 5.55. The van der Waals surface area contributed by atoms with Gasteiger partial charge in [0.25, 0.3) is 0 Å². The molecule has 1 aromatic carbocycles. The fraction of sp³-hybridized carbons (Fsp3) is 0.167. The largest absolute Gasteiger partial charge is 0.487 e. The number of hydrogen-bond donors (Lipinski definition) is 2. The molecule has 0 aliphatic rings. The number of H-pyrrole nitrogens is 2. The number of aromatic amines is 2. The van der Waals surface area contributed by atoms with Crippen LogP contribution in [-0.2, 0) is 13.2 Å². The summed E-state index contributed by atoms with van der Waals surface area (Å²) in [5.74, 6) is 1.48. The average Bonchev–Trinajstić information content (AvgIpc) is 3.17. The van der Waals surface area contributed by atoms with E-state index in [1.54, 1.807) is 12.4 Å². The second-order valence-corrected chi connectivity index (χ2v) is 3.97. The van der Waals surface area contributed by atoms with Crippen LogP contribution in [0.15, 0.2) is 36.7 Å². The lowest BCUT2D eigenvalue weighted by molar-refractivity contribution is 0.292. The second-order valence-electron chi connectivity index (χ2n) is 3.97. The quantitative estimate of drug-likeness (QED) is 0.696. The first-order chi connectivity index (χ1) is 9.90. The minimum atomic E-state index is 0.371. The van der Waals surface area contributed by atoms with E-state index in [4.69, 9.17) is 9.47 Å². The molecule has 3 rings (SSSR count). The van der Waals surface area contributed by atoms with Gasteiger partial charge in [0.1, 0.15) is 36.1 Å². The van der Waals surface area contributed by atoms with Gasteiger partial charge >= 0.3 is 0 Å². The third kappa shape index (κ3) is 3.10. The third-order valence-corrected chi connectivity index (χ3v) is 2.53. The van der Waals surface area contributed by atoms with E-state index >= 15 is 0 Å². The van der Waals surface area contributed by atoms with E-state index in [2.05, 4.69) is 30.8 Å². The van der Waals surface area contributed by atoms with E-state index in [0.29, 0.717) is 13.2 Å². The summed E-state index contributed by atoms with van der Waals surface area (Å²) in [7, 11) is 0. The molecule has 2 N–H and O–H groups in total. The Bertz CT molecular complexity index is 563. The first-order valence-corrected chi connectivity index (χ1v) is 5.95. The van der Waals surface area contributed by atoms with Gasteiger partial charge in [-0.25, -0.2) is 0 Å². The van der Waals surface area contributed by atoms with Crippen molar-refractivity contribution in [2.24, 2.45) is 0 Å². The number of ether oxygens (including phenoxy) is 2. The lowest BCUT2D eigenvalue weighted by atomic mass is 10.3. The molecular formula is C12H12N6O2. The van der Waals surface area contributed by atoms with Crippen molar-refractivity contribution in [1.82, 2.24) is 30.8 Å². The molecule has 0 saturated carbocycles. The highest BCUT2D eigenvalue weighted by Gasteiger charge is 2.01. The summed E-state index contributed by atoms with van der Waals surface area (Å²) in [4.78, 5) is 0. The van der Waals surface area contributed by atoms with Gasteiger partial charge in [0.05, 0.1) is 12.4 Å². The first-order valence-electron chi connectivity index (χ1n) is 5.95. The van der Waals surface area contributed by atoms with Crippen molar-refractivity contribution in [3.05, 3.63) is 48.0 Å². The Morgan fingerprint density at radius 3 is 1.55 bits per heavy atom. The SMILES string of the molecule is c1cc(OCc2cn[nH]n2)ccc1OCc1cn[nH]n1. The molecule has 0 atom stereocenters. The van der Waals surface area contributed by atoms with Gasteiger partial charge in [-0.1, -0.05) is 0 Å². The van der Waals surface area contributed by atoms with Crippen LogP contribution in [0.5, 0.6) is 11.5 Å². The molecule has 0 saturated heterocycles. The molecule has 0 fully saturated rings. The Morgan fingerprint density at radius 1 is 0.750 bits per heavy atom. The van der Waals surface area contributed by atoms with Crippen LogP contribution < -0.4 is 9.47 Å². The molecular weight excluding hydrogens is 260 g/mol. The second kappa shape index (κ2) is 5.83. The number of hydrogen-bond acceptors (Lipinski definition) is 6. The Morgan fingerprint density at radius 2 is 1.20 bits per heavy atom. The van der Waals surface area contributed by atoms with E-state index in [9.17, 15) is 0 Å². The Balaban J connectivity index is 1.51. The van der Waals surface area contributed by atoms with Crippen molar-refractivity contribution in [2.75, 3.05) is 0 Å². The normalized spacial score (nSPS) is 10.4. The van der Waals surface area contributed by atoms with Crippen molar-refractivity contribution in [2.45, 2.75) is 13.2 Å². The fourth-order valence-electron chi connectivity index (χ4n) is 1.54. The number of rotatable bonds is 6. The van der Waals surface area contributed by atoms with Crippen molar-refractivity contribution >= 4 is 0 Å². The lowest BCUT2D eigenvalue weighted by Crippen LogP contribution is -1.97. The number of aromatic nitrogens is 6. The first kappa shape index (κ1) is 12.2. The van der Waals surface area contributed by atoms with E-state index < -0.39 is 0 Å². The van der Waals surface area contributed by atoms with Crippen molar-refractivity contribution in [3.63, 3.8) is 0 Å². The minimum absolute atomic E-state index is 0.371. The topological polar surface area (TPSA) is 102 Å². The van der Waals surface area contributed by atoms with E-state index in [1.807, 2.05) is 24.3 Å². The van der Waals surface area contributed by atoms with Gasteiger partial charge in [-0.05, 0) is 24.3 Å². The summed E-state index contributed by atoms with van der Waals surface area (Å²) >= 11 is 0. The zero-order chi connectivity index (χ0) is 13.6. The van der Waals surface area contributed by atoms with Gasteiger partial charge < -0.3 is 9.47 Å². The molecule has 2 heterocycles. The van der Waals surface area contributed by atoms with Crippen molar-refractivity contribution in [1.29, 1.82) is 0 Å². The van der Waals surface area contributed by atoms with Gasteiger partial charge in [0.15, 0.2) is 0 Å². The van der Waals surface area contributed by atoms with Crippen LogP contribution in [0.25, 0.3) is 0 Å². The molecule has 0 radical (unpaired) electrons. The molecule has 0 aliphatic heterocycles. The van der Waals surface area contributed by atoms with Crippen LogP contribution in [0, 0.1) is 0 Å². The molecule has 20 heavy (non-hydrogen) atoms. The monoisotopic (exact) mass is 272 g/mol. The summed E-state index contributed by atoms with van der Waals surface area (Å²) < 4.78 is 11.1. The third-order valence-electron chi connectivity index (χ3n) is 2.53. The van der Waals surface area contributed by atoms with Crippen molar-refractivity contribution < 1.29 is 9.47 Å². The molecule has 8 nitrogen and oxygen atoms in total. The molecule has 0 amide bonds. The zero-order valence-electron chi connectivity index (χ0n) is 10.5. The van der Waals surface area contributed by atoms with Crippen LogP contribution in [0.1, 0.15) is 11.4 Å². The summed E-state index contributed by atoms with van der Waals surface area (Å²) in [5.41, 5.74) is 1.49. The summed E-state index contributed by atoms with van der Waals surface area (Å²) in [6.45, 7) is 0.741. The Kier molecular flexibility index (Phi) is 3.54. The molecule has 0 aliphatic carbocycles. The zero-order valence-corrected chi connectivity index (χ0v) is 10.5. The molecule has 0 bridgehead atoms. The number of nitrogens with zero attached hydrogens (tertiary/aromatic N) is 4. The smallest absolute Gasteiger partial charge is 0.134 e. The molecule has 3 aromatic rings. The predicted molar refractivity (Wildman–Crippen MR) is 67.9 cm³/mol. The van der Waals surface area contributed by atoms with Crippen LogP contribution in [0.4, 0.5) is 0 Å². The van der Waals surface area contributed by atoms with Crippen LogP contribution in [-0.4, -0.2) is 30.8 Å². The maximum Gasteiger partial charge on any atom is 0.134 e. The highest BCUT2D eigenvalue weighted by atomic mass is 16.5. The maximum atomic E-state index is 5.55. The summed E-state index contributed by atoms with van der Waals surface area (Å²) in [5, 5.41) is 20.3. The van der Waals surface area contributed by atoms with E-state index in [-0.39, 0.29) is 0 Å². The van der Waals surface area contributed by atoms with Gasteiger partial charge in [0.2, 0.25) is 0 Å². The number of nitrogens with one attached hydrogen (secondary N) is 2. The van der Waals surface area contributed by atoms with E-state index in [1.165, 1.54) is 0 Å². The molecule has 102 valence electrons. The van der Waals surface area contributed by atoms with Crippen LogP contribution in [0.2, 0.25) is 0 Å². The molecule has 2 aromatic heterocycles. The highest BCUT2D eigenvalue weighted by Crippen LogP contribution is 2.19. The average molecular weight is 272 g/mol.